The normalized spacial score (nSPS) is 19.8. The van der Waals surface area contributed by atoms with Gasteiger partial charge >= 0.3 is 0 Å². The van der Waals surface area contributed by atoms with Crippen LogP contribution in [0.5, 0.6) is 0 Å². The molecule has 0 radical (unpaired) electrons. The lowest BCUT2D eigenvalue weighted by molar-refractivity contribution is -0.131. The van der Waals surface area contributed by atoms with Crippen LogP contribution in [0.2, 0.25) is 0 Å². The zero-order chi connectivity index (χ0) is 13.7. The van der Waals surface area contributed by atoms with E-state index in [2.05, 4.69) is 21.2 Å². The van der Waals surface area contributed by atoms with Crippen LogP contribution in [-0.2, 0) is 11.2 Å². The summed E-state index contributed by atoms with van der Waals surface area (Å²) in [4.78, 5) is 14.2. The molecule has 19 heavy (non-hydrogen) atoms. The summed E-state index contributed by atoms with van der Waals surface area (Å²) in [6, 6.07) is 8.36. The van der Waals surface area contributed by atoms with Gasteiger partial charge in [0.25, 0.3) is 0 Å². The molecule has 1 saturated heterocycles. The van der Waals surface area contributed by atoms with Crippen LogP contribution in [0.3, 0.4) is 0 Å². The molecule has 0 aromatic heterocycles. The zero-order valence-corrected chi connectivity index (χ0v) is 12.9. The minimum Gasteiger partial charge on any atom is -0.342 e. The molecule has 0 saturated carbocycles. The fourth-order valence-corrected chi connectivity index (χ4v) is 2.76. The largest absolute Gasteiger partial charge is 0.342 e. The molecule has 3 nitrogen and oxygen atoms in total. The molecular weight excluding hydrogens is 304 g/mol. The Morgan fingerprint density at radius 2 is 2.05 bits per heavy atom. The third kappa shape index (κ3) is 4.32. The molecule has 0 aliphatic carbocycles. The first-order chi connectivity index (χ1) is 9.16. The average molecular weight is 325 g/mol. The monoisotopic (exact) mass is 324 g/mol. The molecule has 1 aromatic rings. The lowest BCUT2D eigenvalue weighted by atomic mass is 10.1. The number of halogens is 1. The Hall–Kier alpha value is -0.870. The van der Waals surface area contributed by atoms with E-state index in [1.54, 1.807) is 0 Å². The lowest BCUT2D eigenvalue weighted by Gasteiger charge is -2.27. The van der Waals surface area contributed by atoms with Gasteiger partial charge < -0.3 is 10.2 Å². The number of rotatable bonds is 3. The molecule has 1 aromatic carbocycles. The maximum Gasteiger partial charge on any atom is 0.226 e. The van der Waals surface area contributed by atoms with Crippen LogP contribution >= 0.6 is 15.9 Å². The van der Waals surface area contributed by atoms with Gasteiger partial charge in [0.05, 0.1) is 6.42 Å². The third-order valence-electron chi connectivity index (χ3n) is 3.75. The van der Waals surface area contributed by atoms with Crippen LogP contribution in [-0.4, -0.2) is 37.0 Å². The summed E-state index contributed by atoms with van der Waals surface area (Å²) in [6.45, 7) is 2.09. The van der Waals surface area contributed by atoms with Gasteiger partial charge in [-0.3, -0.25) is 4.79 Å². The molecule has 1 atom stereocenters. The van der Waals surface area contributed by atoms with Crippen molar-refractivity contribution in [1.82, 2.24) is 10.2 Å². The van der Waals surface area contributed by atoms with Gasteiger partial charge in [-0.2, -0.15) is 0 Å². The number of hydrogen-bond acceptors (Lipinski definition) is 2. The van der Waals surface area contributed by atoms with Gasteiger partial charge in [-0.05, 0) is 50.0 Å². The fourth-order valence-electron chi connectivity index (χ4n) is 2.49. The molecule has 2 rings (SSSR count). The Morgan fingerprint density at radius 1 is 1.32 bits per heavy atom. The molecule has 0 bridgehead atoms. The van der Waals surface area contributed by atoms with Crippen LogP contribution < -0.4 is 5.32 Å². The minimum atomic E-state index is 0.217. The molecular formula is C15H21BrN2O. The Labute approximate surface area is 123 Å². The van der Waals surface area contributed by atoms with E-state index in [1.165, 1.54) is 0 Å². The van der Waals surface area contributed by atoms with Crippen molar-refractivity contribution >= 4 is 21.8 Å². The molecule has 1 N–H and O–H groups in total. The maximum absolute atomic E-state index is 12.3. The summed E-state index contributed by atoms with van der Waals surface area (Å²) in [5, 5.41) is 3.38. The molecule has 104 valence electrons. The Balaban J connectivity index is 1.92. The second-order valence-electron chi connectivity index (χ2n) is 5.14. The van der Waals surface area contributed by atoms with E-state index < -0.39 is 0 Å². The molecule has 1 fully saturated rings. The highest BCUT2D eigenvalue weighted by Gasteiger charge is 2.20. The number of nitrogens with one attached hydrogen (secondary N) is 1. The second-order valence-corrected chi connectivity index (χ2v) is 6.06. The molecule has 1 amide bonds. The standard InChI is InChI=1S/C15H21BrN2O/c1-18(14-3-2-9-17-10-8-14)15(19)11-12-4-6-13(16)7-5-12/h4-7,14,17H,2-3,8-11H2,1H3. The first-order valence-electron chi connectivity index (χ1n) is 6.87. The fraction of sp³-hybridized carbons (Fsp3) is 0.533. The molecule has 0 spiro atoms. The zero-order valence-electron chi connectivity index (χ0n) is 11.4. The summed E-state index contributed by atoms with van der Waals surface area (Å²) in [6.07, 6.45) is 3.81. The van der Waals surface area contributed by atoms with Crippen LogP contribution in [0.25, 0.3) is 0 Å². The molecule has 1 heterocycles. The summed E-state index contributed by atoms with van der Waals surface area (Å²) < 4.78 is 1.05. The van der Waals surface area contributed by atoms with Gasteiger partial charge in [-0.1, -0.05) is 28.1 Å². The van der Waals surface area contributed by atoms with Crippen molar-refractivity contribution in [3.63, 3.8) is 0 Å². The Bertz CT molecular complexity index is 411. The predicted octanol–water partition coefficient (Wildman–Crippen LogP) is 2.59. The average Bonchev–Trinajstić information content (AvgIpc) is 2.69. The van der Waals surface area contributed by atoms with Crippen molar-refractivity contribution in [2.75, 3.05) is 20.1 Å². The summed E-state index contributed by atoms with van der Waals surface area (Å²) in [7, 11) is 1.94. The van der Waals surface area contributed by atoms with Crippen LogP contribution in [0.1, 0.15) is 24.8 Å². The number of benzene rings is 1. The van der Waals surface area contributed by atoms with E-state index in [4.69, 9.17) is 0 Å². The van der Waals surface area contributed by atoms with Crippen LogP contribution in [0.15, 0.2) is 28.7 Å². The van der Waals surface area contributed by atoms with Crippen LogP contribution in [0, 0.1) is 0 Å². The highest BCUT2D eigenvalue weighted by atomic mass is 79.9. The van der Waals surface area contributed by atoms with E-state index in [0.717, 1.165) is 42.4 Å². The van der Waals surface area contributed by atoms with Gasteiger partial charge in [0, 0.05) is 17.6 Å². The van der Waals surface area contributed by atoms with E-state index in [1.807, 2.05) is 36.2 Å². The lowest BCUT2D eigenvalue weighted by Crippen LogP contribution is -2.38. The predicted molar refractivity (Wildman–Crippen MR) is 81.1 cm³/mol. The van der Waals surface area contributed by atoms with E-state index in [-0.39, 0.29) is 5.91 Å². The van der Waals surface area contributed by atoms with Gasteiger partial charge in [0.2, 0.25) is 5.91 Å². The number of nitrogens with zero attached hydrogens (tertiary/aromatic N) is 1. The number of amides is 1. The number of carbonyl (C=O) groups is 1. The smallest absolute Gasteiger partial charge is 0.226 e. The molecule has 4 heteroatoms. The first kappa shape index (κ1) is 14.5. The second kappa shape index (κ2) is 7.06. The van der Waals surface area contributed by atoms with Gasteiger partial charge in [-0.15, -0.1) is 0 Å². The van der Waals surface area contributed by atoms with Gasteiger partial charge in [0.1, 0.15) is 0 Å². The molecule has 1 aliphatic rings. The number of carbonyl (C=O) groups excluding carboxylic acids is 1. The molecule has 1 aliphatic heterocycles. The van der Waals surface area contributed by atoms with E-state index in [0.29, 0.717) is 12.5 Å². The van der Waals surface area contributed by atoms with Crippen molar-refractivity contribution in [3.8, 4) is 0 Å². The number of likely N-dealkylation sites (N-methyl/N-ethyl adjacent to an activating group) is 1. The summed E-state index contributed by atoms with van der Waals surface area (Å²) >= 11 is 3.41. The van der Waals surface area contributed by atoms with Crippen molar-refractivity contribution < 1.29 is 4.79 Å². The molecule has 1 unspecified atom stereocenters. The highest BCUT2D eigenvalue weighted by molar-refractivity contribution is 9.10. The van der Waals surface area contributed by atoms with Crippen molar-refractivity contribution in [2.24, 2.45) is 0 Å². The van der Waals surface area contributed by atoms with Gasteiger partial charge in [0.15, 0.2) is 0 Å². The number of hydrogen-bond donors (Lipinski definition) is 1. The summed E-state index contributed by atoms with van der Waals surface area (Å²) in [5.41, 5.74) is 1.08. The third-order valence-corrected chi connectivity index (χ3v) is 4.28. The van der Waals surface area contributed by atoms with E-state index in [9.17, 15) is 4.79 Å². The van der Waals surface area contributed by atoms with Gasteiger partial charge in [-0.25, -0.2) is 0 Å². The minimum absolute atomic E-state index is 0.217. The Morgan fingerprint density at radius 3 is 2.79 bits per heavy atom. The maximum atomic E-state index is 12.3. The van der Waals surface area contributed by atoms with E-state index >= 15 is 0 Å². The van der Waals surface area contributed by atoms with Crippen LogP contribution in [0.4, 0.5) is 0 Å². The topological polar surface area (TPSA) is 32.3 Å². The Kier molecular flexibility index (Phi) is 5.40. The SMILES string of the molecule is CN(C(=O)Cc1ccc(Br)cc1)C1CCCNCC1. The van der Waals surface area contributed by atoms with Crippen molar-refractivity contribution in [3.05, 3.63) is 34.3 Å². The first-order valence-corrected chi connectivity index (χ1v) is 7.67. The van der Waals surface area contributed by atoms with Crippen molar-refractivity contribution in [1.29, 1.82) is 0 Å². The quantitative estimate of drug-likeness (QED) is 0.926. The van der Waals surface area contributed by atoms with Crippen molar-refractivity contribution in [2.45, 2.75) is 31.7 Å². The summed E-state index contributed by atoms with van der Waals surface area (Å²) in [5.74, 6) is 0.217. The highest BCUT2D eigenvalue weighted by Crippen LogP contribution is 2.15.